The van der Waals surface area contributed by atoms with Crippen LogP contribution >= 0.6 is 15.9 Å². The van der Waals surface area contributed by atoms with Gasteiger partial charge in [0, 0.05) is 17.2 Å². The number of benzene rings is 1. The van der Waals surface area contributed by atoms with E-state index < -0.39 is 0 Å². The summed E-state index contributed by atoms with van der Waals surface area (Å²) in [5.74, 6) is 0. The molecule has 19 heavy (non-hydrogen) atoms. The Morgan fingerprint density at radius 3 is 2.32 bits per heavy atom. The van der Waals surface area contributed by atoms with Gasteiger partial charge in [0.25, 0.3) is 0 Å². The van der Waals surface area contributed by atoms with E-state index >= 15 is 0 Å². The zero-order valence-corrected chi connectivity index (χ0v) is 13.3. The quantitative estimate of drug-likeness (QED) is 0.721. The average molecular weight is 318 g/mol. The predicted molar refractivity (Wildman–Crippen MR) is 84.8 cm³/mol. The highest BCUT2D eigenvalue weighted by atomic mass is 79.9. The lowest BCUT2D eigenvalue weighted by Gasteiger charge is -2.25. The number of aromatic nitrogens is 1. The summed E-state index contributed by atoms with van der Waals surface area (Å²) in [6, 6.07) is 12.8. The molecule has 0 amide bonds. The summed E-state index contributed by atoms with van der Waals surface area (Å²) in [6.45, 7) is 6.79. The lowest BCUT2D eigenvalue weighted by Crippen LogP contribution is -2.15. The molecule has 0 saturated carbocycles. The van der Waals surface area contributed by atoms with E-state index in [0.29, 0.717) is 4.83 Å². The Kier molecular flexibility index (Phi) is 4.41. The molecule has 1 aromatic heterocycles. The van der Waals surface area contributed by atoms with Crippen LogP contribution in [-0.2, 0) is 11.8 Å². The van der Waals surface area contributed by atoms with Crippen LogP contribution in [0.2, 0.25) is 0 Å². The molecule has 100 valence electrons. The zero-order valence-electron chi connectivity index (χ0n) is 11.7. The maximum absolute atomic E-state index is 4.07. The van der Waals surface area contributed by atoms with Crippen LogP contribution < -0.4 is 0 Å². The molecule has 1 unspecified atom stereocenters. The zero-order chi connectivity index (χ0) is 13.9. The topological polar surface area (TPSA) is 12.9 Å². The fourth-order valence-corrected chi connectivity index (χ4v) is 3.06. The van der Waals surface area contributed by atoms with Gasteiger partial charge in [-0.3, -0.25) is 4.98 Å². The van der Waals surface area contributed by atoms with Crippen molar-refractivity contribution in [2.24, 2.45) is 0 Å². The van der Waals surface area contributed by atoms with Crippen molar-refractivity contribution in [3.63, 3.8) is 0 Å². The Morgan fingerprint density at radius 1 is 1.05 bits per heavy atom. The molecular weight excluding hydrogens is 298 g/mol. The smallest absolute Gasteiger partial charge is 0.0438 e. The maximum atomic E-state index is 4.07. The highest BCUT2D eigenvalue weighted by Gasteiger charge is 2.21. The van der Waals surface area contributed by atoms with E-state index in [4.69, 9.17) is 0 Å². The van der Waals surface area contributed by atoms with E-state index in [-0.39, 0.29) is 5.41 Å². The van der Waals surface area contributed by atoms with E-state index in [1.165, 1.54) is 16.7 Å². The lowest BCUT2D eigenvalue weighted by molar-refractivity contribution is 0.581. The third kappa shape index (κ3) is 3.66. The van der Waals surface area contributed by atoms with Crippen LogP contribution in [-0.4, -0.2) is 4.98 Å². The van der Waals surface area contributed by atoms with Crippen LogP contribution in [0.15, 0.2) is 48.8 Å². The first-order chi connectivity index (χ1) is 8.98. The highest BCUT2D eigenvalue weighted by molar-refractivity contribution is 9.09. The third-order valence-corrected chi connectivity index (χ3v) is 4.09. The number of hydrogen-bond acceptors (Lipinski definition) is 1. The molecule has 0 aliphatic heterocycles. The normalized spacial score (nSPS) is 13.3. The van der Waals surface area contributed by atoms with Gasteiger partial charge in [-0.25, -0.2) is 0 Å². The number of rotatable bonds is 3. The first-order valence-corrected chi connectivity index (χ1v) is 7.52. The highest BCUT2D eigenvalue weighted by Crippen LogP contribution is 2.35. The van der Waals surface area contributed by atoms with Crippen LogP contribution in [0.5, 0.6) is 0 Å². The first-order valence-electron chi connectivity index (χ1n) is 6.61. The molecule has 1 atom stereocenters. The molecule has 2 heteroatoms. The first kappa shape index (κ1) is 14.3. The van der Waals surface area contributed by atoms with E-state index in [9.17, 15) is 0 Å². The van der Waals surface area contributed by atoms with Gasteiger partial charge in [0.1, 0.15) is 0 Å². The number of alkyl halides is 1. The minimum Gasteiger partial charge on any atom is -0.265 e. The molecule has 0 fully saturated rings. The monoisotopic (exact) mass is 317 g/mol. The Hall–Kier alpha value is -1.15. The molecule has 1 nitrogen and oxygen atoms in total. The van der Waals surface area contributed by atoms with E-state index in [0.717, 1.165) is 6.42 Å². The van der Waals surface area contributed by atoms with Gasteiger partial charge < -0.3 is 0 Å². The van der Waals surface area contributed by atoms with Crippen molar-refractivity contribution in [3.05, 3.63) is 65.5 Å². The van der Waals surface area contributed by atoms with Crippen LogP contribution in [0.25, 0.3) is 0 Å². The van der Waals surface area contributed by atoms with Gasteiger partial charge in [0.05, 0.1) is 0 Å². The predicted octanol–water partition coefficient (Wildman–Crippen LogP) is 5.06. The van der Waals surface area contributed by atoms with Crippen molar-refractivity contribution >= 4 is 15.9 Å². The van der Waals surface area contributed by atoms with Crippen molar-refractivity contribution in [1.82, 2.24) is 4.98 Å². The van der Waals surface area contributed by atoms with Gasteiger partial charge in [-0.15, -0.1) is 0 Å². The van der Waals surface area contributed by atoms with Crippen molar-refractivity contribution in [3.8, 4) is 0 Å². The molecule has 0 radical (unpaired) electrons. The minimum atomic E-state index is 0.168. The summed E-state index contributed by atoms with van der Waals surface area (Å²) in [4.78, 5) is 4.41. The number of nitrogens with zero attached hydrogens (tertiary/aromatic N) is 1. The lowest BCUT2D eigenvalue weighted by atomic mass is 9.82. The average Bonchev–Trinajstić information content (AvgIpc) is 2.39. The Bertz CT molecular complexity index is 528. The molecule has 0 aliphatic carbocycles. The summed E-state index contributed by atoms with van der Waals surface area (Å²) in [5.41, 5.74) is 4.26. The fraction of sp³-hybridized carbons (Fsp3) is 0.353. The van der Waals surface area contributed by atoms with Crippen molar-refractivity contribution in [2.45, 2.75) is 37.4 Å². The number of pyridine rings is 1. The molecule has 2 rings (SSSR count). The molecular formula is C17H20BrN. The fourth-order valence-electron chi connectivity index (χ4n) is 2.29. The molecule has 1 heterocycles. The number of halogens is 1. The van der Waals surface area contributed by atoms with Gasteiger partial charge in [-0.05, 0) is 40.7 Å². The van der Waals surface area contributed by atoms with Gasteiger partial charge in [-0.1, -0.05) is 61.0 Å². The second kappa shape index (κ2) is 5.87. The molecule has 2 aromatic rings. The molecule has 0 bridgehead atoms. The van der Waals surface area contributed by atoms with E-state index in [2.05, 4.69) is 78.1 Å². The minimum absolute atomic E-state index is 0.168. The van der Waals surface area contributed by atoms with E-state index in [1.807, 2.05) is 12.4 Å². The molecule has 0 aliphatic rings. The van der Waals surface area contributed by atoms with Crippen LogP contribution in [0, 0.1) is 0 Å². The Labute approximate surface area is 124 Å². The largest absolute Gasteiger partial charge is 0.265 e. The Balaban J connectivity index is 2.27. The summed E-state index contributed by atoms with van der Waals surface area (Å²) in [7, 11) is 0. The van der Waals surface area contributed by atoms with Crippen molar-refractivity contribution in [1.29, 1.82) is 0 Å². The van der Waals surface area contributed by atoms with E-state index in [1.54, 1.807) is 0 Å². The SMILES string of the molecule is CC(C)(C)c1ccccc1C(Br)Cc1ccncc1. The molecule has 0 saturated heterocycles. The second-order valence-electron chi connectivity index (χ2n) is 5.86. The summed E-state index contributed by atoms with van der Waals surface area (Å²) in [6.07, 6.45) is 4.69. The van der Waals surface area contributed by atoms with Crippen LogP contribution in [0.4, 0.5) is 0 Å². The van der Waals surface area contributed by atoms with Crippen LogP contribution in [0.3, 0.4) is 0 Å². The molecule has 1 aromatic carbocycles. The summed E-state index contributed by atoms with van der Waals surface area (Å²) < 4.78 is 0. The standard InChI is InChI=1S/C17H20BrN/c1-17(2,3)15-7-5-4-6-14(15)16(18)12-13-8-10-19-11-9-13/h4-11,16H,12H2,1-3H3. The van der Waals surface area contributed by atoms with Gasteiger partial charge >= 0.3 is 0 Å². The summed E-state index contributed by atoms with van der Waals surface area (Å²) in [5, 5.41) is 0. The van der Waals surface area contributed by atoms with Gasteiger partial charge in [0.2, 0.25) is 0 Å². The Morgan fingerprint density at radius 2 is 1.68 bits per heavy atom. The number of hydrogen-bond donors (Lipinski definition) is 0. The maximum Gasteiger partial charge on any atom is 0.0438 e. The van der Waals surface area contributed by atoms with Crippen molar-refractivity contribution in [2.75, 3.05) is 0 Å². The summed E-state index contributed by atoms with van der Waals surface area (Å²) >= 11 is 3.85. The molecule has 0 spiro atoms. The van der Waals surface area contributed by atoms with Crippen molar-refractivity contribution < 1.29 is 0 Å². The van der Waals surface area contributed by atoms with Gasteiger partial charge in [0.15, 0.2) is 0 Å². The van der Waals surface area contributed by atoms with Crippen LogP contribution in [0.1, 0.15) is 42.3 Å². The van der Waals surface area contributed by atoms with Gasteiger partial charge in [-0.2, -0.15) is 0 Å². The second-order valence-corrected chi connectivity index (χ2v) is 6.97. The molecule has 0 N–H and O–H groups in total. The third-order valence-electron chi connectivity index (χ3n) is 3.27.